The van der Waals surface area contributed by atoms with Crippen LogP contribution in [0.3, 0.4) is 0 Å². The van der Waals surface area contributed by atoms with Crippen LogP contribution in [0.2, 0.25) is 0 Å². The molecule has 0 saturated carbocycles. The van der Waals surface area contributed by atoms with E-state index in [9.17, 15) is 9.59 Å². The number of amides is 2. The quantitative estimate of drug-likeness (QED) is 0.638. The van der Waals surface area contributed by atoms with E-state index in [0.29, 0.717) is 18.9 Å². The molecule has 0 aromatic heterocycles. The summed E-state index contributed by atoms with van der Waals surface area (Å²) in [5, 5.41) is 0. The van der Waals surface area contributed by atoms with Crippen LogP contribution in [-0.4, -0.2) is 54.3 Å². The first-order valence-electron chi connectivity index (χ1n) is 5.88. The topological polar surface area (TPSA) is 66.6 Å². The Kier molecular flexibility index (Phi) is 3.25. The summed E-state index contributed by atoms with van der Waals surface area (Å²) in [6.45, 7) is 2.43. The average molecular weight is 225 g/mol. The van der Waals surface area contributed by atoms with Gasteiger partial charge in [0.1, 0.15) is 0 Å². The van der Waals surface area contributed by atoms with Gasteiger partial charge in [0, 0.05) is 13.6 Å². The molecule has 5 nitrogen and oxygen atoms in total. The molecule has 2 N–H and O–H groups in total. The van der Waals surface area contributed by atoms with Gasteiger partial charge in [-0.1, -0.05) is 0 Å². The molecule has 2 fully saturated rings. The fraction of sp³-hybridized carbons (Fsp3) is 0.818. The molecule has 2 atom stereocenters. The molecule has 2 heterocycles. The van der Waals surface area contributed by atoms with Crippen molar-refractivity contribution >= 4 is 11.8 Å². The van der Waals surface area contributed by atoms with Gasteiger partial charge in [0.2, 0.25) is 11.8 Å². The summed E-state index contributed by atoms with van der Waals surface area (Å²) >= 11 is 0. The molecule has 0 bridgehead atoms. The van der Waals surface area contributed by atoms with Crippen LogP contribution < -0.4 is 5.73 Å². The first-order chi connectivity index (χ1) is 7.63. The minimum atomic E-state index is -0.230. The zero-order chi connectivity index (χ0) is 11.7. The molecule has 2 aliphatic heterocycles. The minimum absolute atomic E-state index is 0.0531. The van der Waals surface area contributed by atoms with Crippen molar-refractivity contribution in [3.8, 4) is 0 Å². The fourth-order valence-corrected chi connectivity index (χ4v) is 2.59. The Morgan fingerprint density at radius 3 is 2.75 bits per heavy atom. The number of rotatable bonds is 2. The number of nitrogens with zero attached hydrogens (tertiary/aromatic N) is 2. The predicted octanol–water partition coefficient (Wildman–Crippen LogP) is -0.586. The number of carbonyl (C=O) groups is 2. The standard InChI is InChI=1S/C11H19N3O2/c1-13-10(15)5-9(11(13)16)14-4-2-3-8(6-12)7-14/h8-9H,2-7,12H2,1H3. The zero-order valence-electron chi connectivity index (χ0n) is 9.69. The van der Waals surface area contributed by atoms with Crippen LogP contribution in [0, 0.1) is 5.92 Å². The highest BCUT2D eigenvalue weighted by Gasteiger charge is 2.40. The fourth-order valence-electron chi connectivity index (χ4n) is 2.59. The molecule has 90 valence electrons. The van der Waals surface area contributed by atoms with Crippen molar-refractivity contribution in [2.75, 3.05) is 26.7 Å². The zero-order valence-corrected chi connectivity index (χ0v) is 9.69. The van der Waals surface area contributed by atoms with E-state index in [1.54, 1.807) is 7.05 Å². The van der Waals surface area contributed by atoms with Gasteiger partial charge in [-0.3, -0.25) is 19.4 Å². The lowest BCUT2D eigenvalue weighted by Crippen LogP contribution is -2.47. The van der Waals surface area contributed by atoms with Crippen LogP contribution in [0.25, 0.3) is 0 Å². The number of likely N-dealkylation sites (N-methyl/N-ethyl adjacent to an activating group) is 1. The summed E-state index contributed by atoms with van der Waals surface area (Å²) in [6, 6.07) is -0.230. The van der Waals surface area contributed by atoms with Crippen LogP contribution >= 0.6 is 0 Å². The van der Waals surface area contributed by atoms with Crippen molar-refractivity contribution in [2.24, 2.45) is 11.7 Å². The predicted molar refractivity (Wildman–Crippen MR) is 59.5 cm³/mol. The Hall–Kier alpha value is -0.940. The lowest BCUT2D eigenvalue weighted by molar-refractivity contribution is -0.138. The van der Waals surface area contributed by atoms with Gasteiger partial charge in [-0.15, -0.1) is 0 Å². The van der Waals surface area contributed by atoms with E-state index in [2.05, 4.69) is 4.90 Å². The molecular formula is C11H19N3O2. The number of hydrogen-bond donors (Lipinski definition) is 1. The van der Waals surface area contributed by atoms with Crippen molar-refractivity contribution < 1.29 is 9.59 Å². The van der Waals surface area contributed by atoms with Crippen LogP contribution in [0.1, 0.15) is 19.3 Å². The first-order valence-corrected chi connectivity index (χ1v) is 5.88. The highest BCUT2D eigenvalue weighted by molar-refractivity contribution is 6.05. The van der Waals surface area contributed by atoms with Crippen molar-refractivity contribution in [1.82, 2.24) is 9.80 Å². The maximum Gasteiger partial charge on any atom is 0.246 e. The minimum Gasteiger partial charge on any atom is -0.330 e. The maximum atomic E-state index is 11.8. The average Bonchev–Trinajstić information content (AvgIpc) is 2.57. The molecule has 5 heteroatoms. The Morgan fingerprint density at radius 1 is 1.44 bits per heavy atom. The SMILES string of the molecule is CN1C(=O)CC(N2CCCC(CN)C2)C1=O. The van der Waals surface area contributed by atoms with Crippen molar-refractivity contribution in [3.63, 3.8) is 0 Å². The van der Waals surface area contributed by atoms with Gasteiger partial charge < -0.3 is 5.73 Å². The third-order valence-electron chi connectivity index (χ3n) is 3.68. The molecule has 2 amide bonds. The summed E-state index contributed by atoms with van der Waals surface area (Å²) in [4.78, 5) is 26.7. The molecular weight excluding hydrogens is 206 g/mol. The van der Waals surface area contributed by atoms with Gasteiger partial charge in [-0.25, -0.2) is 0 Å². The summed E-state index contributed by atoms with van der Waals surface area (Å²) in [6.07, 6.45) is 2.55. The van der Waals surface area contributed by atoms with Crippen molar-refractivity contribution in [3.05, 3.63) is 0 Å². The Labute approximate surface area is 95.6 Å². The molecule has 2 rings (SSSR count). The molecule has 0 radical (unpaired) electrons. The lowest BCUT2D eigenvalue weighted by atomic mass is 9.96. The normalized spacial score (nSPS) is 32.5. The molecule has 2 unspecified atom stereocenters. The number of likely N-dealkylation sites (tertiary alicyclic amines) is 2. The largest absolute Gasteiger partial charge is 0.330 e. The van der Waals surface area contributed by atoms with E-state index >= 15 is 0 Å². The highest BCUT2D eigenvalue weighted by Crippen LogP contribution is 2.23. The summed E-state index contributed by atoms with van der Waals surface area (Å²) in [5.74, 6) is 0.357. The molecule has 0 aromatic carbocycles. The first kappa shape index (κ1) is 11.5. The summed E-state index contributed by atoms with van der Waals surface area (Å²) in [7, 11) is 1.56. The third-order valence-corrected chi connectivity index (χ3v) is 3.68. The van der Waals surface area contributed by atoms with E-state index in [0.717, 1.165) is 25.9 Å². The third kappa shape index (κ3) is 1.97. The van der Waals surface area contributed by atoms with E-state index in [1.165, 1.54) is 4.90 Å². The number of piperidine rings is 1. The Balaban J connectivity index is 2.02. The summed E-state index contributed by atoms with van der Waals surface area (Å²) < 4.78 is 0. The molecule has 16 heavy (non-hydrogen) atoms. The molecule has 2 saturated heterocycles. The lowest BCUT2D eigenvalue weighted by Gasteiger charge is -2.34. The van der Waals surface area contributed by atoms with Gasteiger partial charge in [0.25, 0.3) is 0 Å². The van der Waals surface area contributed by atoms with Gasteiger partial charge in [-0.2, -0.15) is 0 Å². The molecule has 0 aromatic rings. The number of hydrogen-bond acceptors (Lipinski definition) is 4. The van der Waals surface area contributed by atoms with Crippen LogP contribution in [0.5, 0.6) is 0 Å². The highest BCUT2D eigenvalue weighted by atomic mass is 16.2. The van der Waals surface area contributed by atoms with E-state index in [-0.39, 0.29) is 17.9 Å². The molecule has 0 spiro atoms. The number of nitrogens with two attached hydrogens (primary N) is 1. The second kappa shape index (κ2) is 4.51. The Morgan fingerprint density at radius 2 is 2.19 bits per heavy atom. The van der Waals surface area contributed by atoms with E-state index < -0.39 is 0 Å². The van der Waals surface area contributed by atoms with Crippen LogP contribution in [0.4, 0.5) is 0 Å². The van der Waals surface area contributed by atoms with Crippen molar-refractivity contribution in [1.29, 1.82) is 0 Å². The smallest absolute Gasteiger partial charge is 0.246 e. The van der Waals surface area contributed by atoms with E-state index in [4.69, 9.17) is 5.73 Å². The number of imide groups is 1. The maximum absolute atomic E-state index is 11.8. The van der Waals surface area contributed by atoms with Crippen LogP contribution in [0.15, 0.2) is 0 Å². The van der Waals surface area contributed by atoms with Gasteiger partial charge >= 0.3 is 0 Å². The second-order valence-electron chi connectivity index (χ2n) is 4.75. The van der Waals surface area contributed by atoms with Crippen molar-refractivity contribution in [2.45, 2.75) is 25.3 Å². The second-order valence-corrected chi connectivity index (χ2v) is 4.75. The van der Waals surface area contributed by atoms with E-state index in [1.807, 2.05) is 0 Å². The van der Waals surface area contributed by atoms with Gasteiger partial charge in [0.05, 0.1) is 12.5 Å². The summed E-state index contributed by atoms with van der Waals surface area (Å²) in [5.41, 5.74) is 5.66. The molecule has 2 aliphatic rings. The Bertz CT molecular complexity index is 306. The molecule has 0 aliphatic carbocycles. The van der Waals surface area contributed by atoms with Gasteiger partial charge in [0.15, 0.2) is 0 Å². The number of carbonyl (C=O) groups excluding carboxylic acids is 2. The monoisotopic (exact) mass is 225 g/mol. The van der Waals surface area contributed by atoms with Gasteiger partial charge in [-0.05, 0) is 31.8 Å². The van der Waals surface area contributed by atoms with Crippen LogP contribution in [-0.2, 0) is 9.59 Å².